The molecule has 3 nitrogen and oxygen atoms in total. The van der Waals surface area contributed by atoms with E-state index in [2.05, 4.69) is 23.8 Å². The average molecular weight is 167 g/mol. The third-order valence-electron chi connectivity index (χ3n) is 2.72. The lowest BCUT2D eigenvalue weighted by Gasteiger charge is -2.06. The number of carbonyl (C=O) groups excluding carboxylic acids is 1. The number of ether oxygens (including phenoxy) is 1. The van der Waals surface area contributed by atoms with Crippen LogP contribution in [0.15, 0.2) is 12.2 Å². The first-order chi connectivity index (χ1) is 5.75. The largest absolute Gasteiger partial charge is 0.453 e. The van der Waals surface area contributed by atoms with Crippen LogP contribution in [-0.4, -0.2) is 30.2 Å². The van der Waals surface area contributed by atoms with Gasteiger partial charge in [0.25, 0.3) is 0 Å². The monoisotopic (exact) mass is 167 g/mol. The van der Waals surface area contributed by atoms with Crippen molar-refractivity contribution in [3.63, 3.8) is 0 Å². The van der Waals surface area contributed by atoms with Gasteiger partial charge in [0.2, 0.25) is 0 Å². The third-order valence-corrected chi connectivity index (χ3v) is 2.72. The van der Waals surface area contributed by atoms with E-state index in [9.17, 15) is 4.79 Å². The van der Waals surface area contributed by atoms with E-state index in [1.54, 1.807) is 0 Å². The minimum absolute atomic E-state index is 0.180. The van der Waals surface area contributed by atoms with E-state index in [0.717, 1.165) is 6.42 Å². The van der Waals surface area contributed by atoms with Crippen LogP contribution < -0.4 is 0 Å². The first kappa shape index (κ1) is 7.65. The molecule has 3 atom stereocenters. The van der Waals surface area contributed by atoms with Gasteiger partial charge in [-0.05, 0) is 12.3 Å². The molecule has 1 aliphatic carbocycles. The van der Waals surface area contributed by atoms with Gasteiger partial charge in [-0.3, -0.25) is 4.90 Å². The normalized spacial score (nSPS) is 37.5. The molecule has 0 aromatic rings. The predicted octanol–water partition coefficient (Wildman–Crippen LogP) is 1.40. The summed E-state index contributed by atoms with van der Waals surface area (Å²) in [7, 11) is 1.44. The van der Waals surface area contributed by atoms with E-state index in [-0.39, 0.29) is 6.09 Å². The van der Waals surface area contributed by atoms with Gasteiger partial charge in [-0.15, -0.1) is 0 Å². The molecular weight excluding hydrogens is 154 g/mol. The van der Waals surface area contributed by atoms with Gasteiger partial charge in [0.1, 0.15) is 0 Å². The fourth-order valence-corrected chi connectivity index (χ4v) is 2.07. The number of rotatable bonds is 0. The van der Waals surface area contributed by atoms with Crippen molar-refractivity contribution >= 4 is 6.09 Å². The van der Waals surface area contributed by atoms with E-state index >= 15 is 0 Å². The zero-order chi connectivity index (χ0) is 8.72. The zero-order valence-corrected chi connectivity index (χ0v) is 7.36. The van der Waals surface area contributed by atoms with E-state index in [0.29, 0.717) is 18.0 Å². The predicted molar refractivity (Wildman–Crippen MR) is 44.7 cm³/mol. The van der Waals surface area contributed by atoms with Gasteiger partial charge >= 0.3 is 6.09 Å². The van der Waals surface area contributed by atoms with Gasteiger partial charge in [-0.25, -0.2) is 4.79 Å². The highest BCUT2D eigenvalue weighted by atomic mass is 16.5. The fraction of sp³-hybridized carbons (Fsp3) is 0.667. The molecule has 1 amide bonds. The lowest BCUT2D eigenvalue weighted by Crippen LogP contribution is -2.16. The highest BCUT2D eigenvalue weighted by molar-refractivity contribution is 5.72. The maximum Gasteiger partial charge on any atom is 0.410 e. The molecule has 0 saturated carbocycles. The van der Waals surface area contributed by atoms with Gasteiger partial charge in [-0.1, -0.05) is 19.1 Å². The maximum atomic E-state index is 11.2. The Balaban J connectivity index is 2.05. The molecule has 0 aromatic carbocycles. The van der Waals surface area contributed by atoms with E-state index in [1.807, 2.05) is 4.90 Å². The van der Waals surface area contributed by atoms with Crippen LogP contribution in [-0.2, 0) is 4.74 Å². The first-order valence-electron chi connectivity index (χ1n) is 4.28. The minimum Gasteiger partial charge on any atom is -0.453 e. The standard InChI is InChI=1S/C9H13NO2/c1-6-4-3-5-7-8(6)10(7)9(11)12-2/h3-4,6-8H,5H2,1-2H3/t6-,7+,8-,10?/m0/s1. The van der Waals surface area contributed by atoms with Crippen LogP contribution in [0.5, 0.6) is 0 Å². The molecule has 1 fully saturated rings. The number of carbonyl (C=O) groups is 1. The molecule has 2 rings (SSSR count). The molecule has 2 aliphatic rings. The van der Waals surface area contributed by atoms with Crippen LogP contribution in [0.25, 0.3) is 0 Å². The van der Waals surface area contributed by atoms with Gasteiger partial charge in [0.15, 0.2) is 0 Å². The number of hydrogen-bond donors (Lipinski definition) is 0. The molecule has 0 radical (unpaired) electrons. The summed E-state index contributed by atoms with van der Waals surface area (Å²) >= 11 is 0. The summed E-state index contributed by atoms with van der Waals surface area (Å²) in [5.74, 6) is 0.489. The lowest BCUT2D eigenvalue weighted by atomic mass is 9.98. The Kier molecular flexibility index (Phi) is 1.60. The number of nitrogens with zero attached hydrogens (tertiary/aromatic N) is 1. The van der Waals surface area contributed by atoms with Crippen LogP contribution in [0.2, 0.25) is 0 Å². The van der Waals surface area contributed by atoms with Crippen molar-refractivity contribution in [3.8, 4) is 0 Å². The lowest BCUT2D eigenvalue weighted by molar-refractivity contribution is 0.149. The van der Waals surface area contributed by atoms with Gasteiger partial charge in [-0.2, -0.15) is 0 Å². The zero-order valence-electron chi connectivity index (χ0n) is 7.36. The Morgan fingerprint density at radius 3 is 3.00 bits per heavy atom. The highest BCUT2D eigenvalue weighted by Crippen LogP contribution is 2.40. The summed E-state index contributed by atoms with van der Waals surface area (Å²) < 4.78 is 4.67. The van der Waals surface area contributed by atoms with Gasteiger partial charge in [0.05, 0.1) is 19.2 Å². The molecule has 3 heteroatoms. The van der Waals surface area contributed by atoms with Crippen LogP contribution in [0, 0.1) is 5.92 Å². The maximum absolute atomic E-state index is 11.2. The Hall–Kier alpha value is -0.990. The van der Waals surface area contributed by atoms with Crippen molar-refractivity contribution in [3.05, 3.63) is 12.2 Å². The van der Waals surface area contributed by atoms with Crippen molar-refractivity contribution < 1.29 is 9.53 Å². The molecule has 0 aromatic heterocycles. The Bertz CT molecular complexity index is 237. The quantitative estimate of drug-likeness (QED) is 0.403. The molecule has 0 bridgehead atoms. The SMILES string of the molecule is COC(=O)N1[C@@H]2[C@H]1CC=C[C@@H]2C. The Labute approximate surface area is 72.0 Å². The van der Waals surface area contributed by atoms with Crippen LogP contribution >= 0.6 is 0 Å². The van der Waals surface area contributed by atoms with E-state index < -0.39 is 0 Å². The number of fused-ring (bicyclic) bond motifs is 1. The fourth-order valence-electron chi connectivity index (χ4n) is 2.07. The molecule has 0 unspecified atom stereocenters. The molecule has 1 heterocycles. The second-order valence-electron chi connectivity index (χ2n) is 3.46. The van der Waals surface area contributed by atoms with Crippen LogP contribution in [0.1, 0.15) is 13.3 Å². The number of methoxy groups -OCH3 is 1. The minimum atomic E-state index is -0.180. The summed E-state index contributed by atoms with van der Waals surface area (Å²) in [6.45, 7) is 2.14. The topological polar surface area (TPSA) is 29.3 Å². The molecule has 12 heavy (non-hydrogen) atoms. The average Bonchev–Trinajstić information content (AvgIpc) is 2.79. The first-order valence-corrected chi connectivity index (χ1v) is 4.28. The molecule has 66 valence electrons. The third kappa shape index (κ3) is 0.924. The van der Waals surface area contributed by atoms with Crippen molar-refractivity contribution in [2.75, 3.05) is 7.11 Å². The Morgan fingerprint density at radius 1 is 1.67 bits per heavy atom. The second kappa shape index (κ2) is 2.51. The summed E-state index contributed by atoms with van der Waals surface area (Å²) in [4.78, 5) is 13.0. The van der Waals surface area contributed by atoms with Crippen LogP contribution in [0.3, 0.4) is 0 Å². The number of amides is 1. The van der Waals surface area contributed by atoms with Gasteiger partial charge < -0.3 is 4.74 Å². The van der Waals surface area contributed by atoms with Crippen molar-refractivity contribution in [1.29, 1.82) is 0 Å². The highest BCUT2D eigenvalue weighted by Gasteiger charge is 2.54. The summed E-state index contributed by atoms with van der Waals surface area (Å²) in [6, 6.07) is 0.819. The second-order valence-corrected chi connectivity index (χ2v) is 3.46. The molecule has 0 N–H and O–H groups in total. The van der Waals surface area contributed by atoms with Crippen molar-refractivity contribution in [1.82, 2.24) is 4.90 Å². The summed E-state index contributed by atoms with van der Waals surface area (Å²) in [5.41, 5.74) is 0. The Morgan fingerprint density at radius 2 is 2.42 bits per heavy atom. The van der Waals surface area contributed by atoms with Gasteiger partial charge in [0, 0.05) is 0 Å². The van der Waals surface area contributed by atoms with Crippen LogP contribution in [0.4, 0.5) is 4.79 Å². The van der Waals surface area contributed by atoms with Crippen molar-refractivity contribution in [2.24, 2.45) is 5.92 Å². The summed E-state index contributed by atoms with van der Waals surface area (Å²) in [6.07, 6.45) is 5.13. The molecule has 1 aliphatic heterocycles. The smallest absolute Gasteiger partial charge is 0.410 e. The van der Waals surface area contributed by atoms with E-state index in [1.165, 1.54) is 7.11 Å². The summed E-state index contributed by atoms with van der Waals surface area (Å²) in [5, 5.41) is 0. The van der Waals surface area contributed by atoms with E-state index in [4.69, 9.17) is 0 Å². The van der Waals surface area contributed by atoms with Crippen molar-refractivity contribution in [2.45, 2.75) is 25.4 Å². The number of hydrogen-bond acceptors (Lipinski definition) is 2. The molecule has 1 saturated heterocycles. The molecule has 0 spiro atoms. The molecular formula is C9H13NO2.